The lowest BCUT2D eigenvalue weighted by atomic mass is 9.79. The topological polar surface area (TPSA) is 12.0 Å². The van der Waals surface area contributed by atoms with E-state index >= 15 is 0 Å². The molecule has 0 aliphatic heterocycles. The Morgan fingerprint density at radius 1 is 1.41 bits per heavy atom. The van der Waals surface area contributed by atoms with Gasteiger partial charge >= 0.3 is 0 Å². The SMILES string of the molecule is C/C=C(\C)NC(C)C1=CC=C(S)CC1C(C)C. The van der Waals surface area contributed by atoms with Crippen molar-refractivity contribution >= 4 is 12.6 Å². The lowest BCUT2D eigenvalue weighted by molar-refractivity contribution is 0.412. The van der Waals surface area contributed by atoms with E-state index in [9.17, 15) is 0 Å². The van der Waals surface area contributed by atoms with Crippen molar-refractivity contribution in [2.24, 2.45) is 11.8 Å². The quantitative estimate of drug-likeness (QED) is 0.710. The largest absolute Gasteiger partial charge is 0.383 e. The van der Waals surface area contributed by atoms with Crippen molar-refractivity contribution < 1.29 is 0 Å². The first-order chi connectivity index (χ1) is 7.95. The normalized spacial score (nSPS) is 23.2. The monoisotopic (exact) mass is 251 g/mol. The molecule has 0 heterocycles. The van der Waals surface area contributed by atoms with Crippen LogP contribution in [-0.2, 0) is 0 Å². The van der Waals surface area contributed by atoms with Crippen molar-refractivity contribution in [1.29, 1.82) is 0 Å². The molecule has 96 valence electrons. The van der Waals surface area contributed by atoms with Crippen molar-refractivity contribution in [3.8, 4) is 0 Å². The van der Waals surface area contributed by atoms with Gasteiger partial charge < -0.3 is 5.32 Å². The third-order valence-electron chi connectivity index (χ3n) is 3.51. The van der Waals surface area contributed by atoms with Gasteiger partial charge in [-0.05, 0) is 49.5 Å². The summed E-state index contributed by atoms with van der Waals surface area (Å²) in [5.41, 5.74) is 2.74. The van der Waals surface area contributed by atoms with Gasteiger partial charge in [0.25, 0.3) is 0 Å². The average Bonchev–Trinajstić information content (AvgIpc) is 2.28. The number of hydrogen-bond acceptors (Lipinski definition) is 2. The van der Waals surface area contributed by atoms with Crippen LogP contribution in [0.4, 0.5) is 0 Å². The Hall–Kier alpha value is -0.630. The highest BCUT2D eigenvalue weighted by Gasteiger charge is 2.25. The minimum Gasteiger partial charge on any atom is -0.383 e. The van der Waals surface area contributed by atoms with E-state index in [1.54, 1.807) is 0 Å². The highest BCUT2D eigenvalue weighted by molar-refractivity contribution is 7.84. The zero-order chi connectivity index (χ0) is 13.0. The molecule has 0 radical (unpaired) electrons. The fourth-order valence-corrected chi connectivity index (χ4v) is 2.59. The van der Waals surface area contributed by atoms with Gasteiger partial charge in [0.1, 0.15) is 0 Å². The van der Waals surface area contributed by atoms with Crippen molar-refractivity contribution in [3.63, 3.8) is 0 Å². The Morgan fingerprint density at radius 3 is 2.59 bits per heavy atom. The van der Waals surface area contributed by atoms with Gasteiger partial charge in [0, 0.05) is 11.7 Å². The molecule has 1 aliphatic rings. The maximum absolute atomic E-state index is 4.50. The summed E-state index contributed by atoms with van der Waals surface area (Å²) in [6.45, 7) is 11.0. The van der Waals surface area contributed by atoms with E-state index in [4.69, 9.17) is 0 Å². The first-order valence-electron chi connectivity index (χ1n) is 6.44. The second kappa shape index (κ2) is 6.34. The summed E-state index contributed by atoms with van der Waals surface area (Å²) in [4.78, 5) is 1.20. The summed E-state index contributed by atoms with van der Waals surface area (Å²) in [7, 11) is 0. The van der Waals surface area contributed by atoms with Gasteiger partial charge in [0.15, 0.2) is 0 Å². The van der Waals surface area contributed by atoms with E-state index in [0.29, 0.717) is 17.9 Å². The van der Waals surface area contributed by atoms with Crippen molar-refractivity contribution in [3.05, 3.63) is 34.4 Å². The maximum atomic E-state index is 4.50. The third-order valence-corrected chi connectivity index (χ3v) is 3.84. The Bertz CT molecular complexity index is 350. The predicted molar refractivity (Wildman–Crippen MR) is 80.1 cm³/mol. The fraction of sp³-hybridized carbons (Fsp3) is 0.600. The van der Waals surface area contributed by atoms with Crippen LogP contribution < -0.4 is 5.32 Å². The van der Waals surface area contributed by atoms with Gasteiger partial charge in [-0.1, -0.05) is 32.1 Å². The van der Waals surface area contributed by atoms with Gasteiger partial charge in [-0.25, -0.2) is 0 Å². The second-order valence-corrected chi connectivity index (χ2v) is 5.79. The van der Waals surface area contributed by atoms with Gasteiger partial charge in [0.2, 0.25) is 0 Å². The van der Waals surface area contributed by atoms with Gasteiger partial charge in [-0.2, -0.15) is 0 Å². The van der Waals surface area contributed by atoms with Gasteiger partial charge in [0.05, 0.1) is 0 Å². The van der Waals surface area contributed by atoms with Gasteiger partial charge in [-0.3, -0.25) is 0 Å². The standard InChI is InChI=1S/C15H25NS/c1-6-11(4)16-12(5)14-8-7-13(17)9-15(14)10(2)3/h6-8,10,12,15-17H,9H2,1-5H3/b11-6+. The van der Waals surface area contributed by atoms with E-state index in [-0.39, 0.29) is 0 Å². The third kappa shape index (κ3) is 3.95. The van der Waals surface area contributed by atoms with E-state index in [1.807, 2.05) is 0 Å². The Balaban J connectivity index is 2.85. The molecule has 0 spiro atoms. The zero-order valence-corrected chi connectivity index (χ0v) is 12.5. The summed E-state index contributed by atoms with van der Waals surface area (Å²) in [6.07, 6.45) is 7.58. The van der Waals surface area contributed by atoms with Crippen LogP contribution in [0.15, 0.2) is 34.4 Å². The number of allylic oxidation sites excluding steroid dienone is 5. The van der Waals surface area contributed by atoms with E-state index in [1.165, 1.54) is 16.2 Å². The van der Waals surface area contributed by atoms with Crippen LogP contribution in [0.2, 0.25) is 0 Å². The summed E-state index contributed by atoms with van der Waals surface area (Å²) in [5, 5.41) is 3.54. The molecule has 0 aromatic rings. The molecule has 1 rings (SSSR count). The van der Waals surface area contributed by atoms with E-state index in [0.717, 1.165) is 6.42 Å². The summed E-state index contributed by atoms with van der Waals surface area (Å²) in [6, 6.07) is 0.399. The van der Waals surface area contributed by atoms with Crippen LogP contribution in [0.25, 0.3) is 0 Å². The molecule has 1 aliphatic carbocycles. The molecule has 0 aromatic heterocycles. The predicted octanol–water partition coefficient (Wildman–Crippen LogP) is 4.30. The summed E-state index contributed by atoms with van der Waals surface area (Å²) < 4.78 is 0. The number of nitrogens with one attached hydrogen (secondary N) is 1. The molecule has 1 nitrogen and oxygen atoms in total. The molecule has 0 saturated carbocycles. The molecular weight excluding hydrogens is 226 g/mol. The van der Waals surface area contributed by atoms with Crippen LogP contribution in [0, 0.1) is 11.8 Å². The molecule has 1 N–H and O–H groups in total. The summed E-state index contributed by atoms with van der Waals surface area (Å²) >= 11 is 4.50. The zero-order valence-electron chi connectivity index (χ0n) is 11.6. The molecule has 0 aromatic carbocycles. The molecule has 17 heavy (non-hydrogen) atoms. The van der Waals surface area contributed by atoms with E-state index in [2.05, 4.69) is 70.8 Å². The fourth-order valence-electron chi connectivity index (χ4n) is 2.32. The van der Waals surface area contributed by atoms with Crippen LogP contribution in [0.3, 0.4) is 0 Å². The molecule has 0 bridgehead atoms. The van der Waals surface area contributed by atoms with Crippen LogP contribution in [-0.4, -0.2) is 6.04 Å². The first-order valence-corrected chi connectivity index (χ1v) is 6.89. The summed E-state index contributed by atoms with van der Waals surface area (Å²) in [5.74, 6) is 1.27. The Morgan fingerprint density at radius 2 is 2.06 bits per heavy atom. The molecular formula is C15H25NS. The maximum Gasteiger partial charge on any atom is 0.0448 e. The van der Waals surface area contributed by atoms with Crippen LogP contribution in [0.1, 0.15) is 41.0 Å². The molecule has 0 saturated heterocycles. The second-order valence-electron chi connectivity index (χ2n) is 5.22. The first kappa shape index (κ1) is 14.4. The lowest BCUT2D eigenvalue weighted by Gasteiger charge is -2.31. The molecule has 2 heteroatoms. The average molecular weight is 251 g/mol. The molecule has 2 unspecified atom stereocenters. The highest BCUT2D eigenvalue weighted by Crippen LogP contribution is 2.34. The van der Waals surface area contributed by atoms with Crippen molar-refractivity contribution in [2.75, 3.05) is 0 Å². The van der Waals surface area contributed by atoms with E-state index < -0.39 is 0 Å². The number of hydrogen-bond donors (Lipinski definition) is 2. The van der Waals surface area contributed by atoms with Gasteiger partial charge in [-0.15, -0.1) is 12.6 Å². The van der Waals surface area contributed by atoms with Crippen LogP contribution in [0.5, 0.6) is 0 Å². The smallest absolute Gasteiger partial charge is 0.0448 e. The number of rotatable bonds is 4. The molecule has 2 atom stereocenters. The lowest BCUT2D eigenvalue weighted by Crippen LogP contribution is -2.32. The highest BCUT2D eigenvalue weighted by atomic mass is 32.1. The molecule has 0 fully saturated rings. The Kier molecular flexibility index (Phi) is 5.38. The number of thiol groups is 1. The molecule has 0 amide bonds. The van der Waals surface area contributed by atoms with Crippen LogP contribution >= 0.6 is 12.6 Å². The Labute approximate surface area is 111 Å². The van der Waals surface area contributed by atoms with Crippen molar-refractivity contribution in [2.45, 2.75) is 47.1 Å². The minimum absolute atomic E-state index is 0.399. The van der Waals surface area contributed by atoms with Crippen molar-refractivity contribution in [1.82, 2.24) is 5.32 Å². The minimum atomic E-state index is 0.399.